The lowest BCUT2D eigenvalue weighted by Crippen LogP contribution is -2.47. The Kier molecular flexibility index (Phi) is 31.2. The predicted octanol–water partition coefficient (Wildman–Crippen LogP) is 8.40. The number of piperazine rings is 3. The van der Waals surface area contributed by atoms with Crippen LogP contribution in [-0.2, 0) is 30.2 Å². The van der Waals surface area contributed by atoms with E-state index < -0.39 is 29.7 Å². The van der Waals surface area contributed by atoms with E-state index in [-0.39, 0.29) is 66.4 Å². The van der Waals surface area contributed by atoms with Gasteiger partial charge < -0.3 is 97.4 Å². The first kappa shape index (κ1) is 84.2. The van der Waals surface area contributed by atoms with E-state index in [2.05, 4.69) is 99.6 Å². The summed E-state index contributed by atoms with van der Waals surface area (Å²) in [4.78, 5) is 127. The summed E-state index contributed by atoms with van der Waals surface area (Å²) in [5, 5.41) is 9.52. The second kappa shape index (κ2) is 39.3. The molecule has 3 amide bonds. The van der Waals surface area contributed by atoms with Crippen LogP contribution in [-0.4, -0.2) is 198 Å². The molecule has 3 saturated heterocycles. The number of halogens is 1. The van der Waals surface area contributed by atoms with Gasteiger partial charge in [0.1, 0.15) is 22.1 Å². The number of carbonyl (C=O) groups is 7. The van der Waals surface area contributed by atoms with E-state index >= 15 is 0 Å². The molecule has 0 aliphatic carbocycles. The topological polar surface area (TPSA) is 450 Å². The number of rotatable bonds is 10. The molecule has 0 saturated carbocycles. The Labute approximate surface area is 618 Å². The van der Waals surface area contributed by atoms with Gasteiger partial charge >= 0.3 is 23.9 Å². The van der Waals surface area contributed by atoms with Crippen molar-refractivity contribution < 1.29 is 52.5 Å². The number of nitrogens with one attached hydrogen (secondary N) is 7. The minimum Gasteiger partial charge on any atom is -0.465 e. The average molecular weight is 1480 g/mol. The average Bonchev–Trinajstić information content (AvgIpc) is 1.66. The van der Waals surface area contributed by atoms with Gasteiger partial charge in [0, 0.05) is 96.6 Å². The fraction of sp³-hybridized carbons (Fsp3) is 0.301. The number of anilines is 7. The number of para-hydroxylation sites is 5. The molecule has 4 aliphatic heterocycles. The van der Waals surface area contributed by atoms with Gasteiger partial charge in [-0.1, -0.05) is 73.5 Å². The molecule has 15 N–H and O–H groups in total. The maximum Gasteiger partial charge on any atom is 0.340 e. The number of primary amides is 2. The summed E-state index contributed by atoms with van der Waals surface area (Å²) < 4.78 is 18.5. The summed E-state index contributed by atoms with van der Waals surface area (Å²) in [6.07, 6.45) is 3.75. The second-order valence-electron chi connectivity index (χ2n) is 22.6. The molecule has 0 unspecified atom stereocenters. The Morgan fingerprint density at radius 3 is 1.22 bits per heavy atom. The number of esters is 4. The van der Waals surface area contributed by atoms with Gasteiger partial charge in [-0.3, -0.25) is 14.4 Å². The molecule has 564 valence electrons. The van der Waals surface area contributed by atoms with E-state index in [1.807, 2.05) is 36.4 Å². The number of hydrogen-bond acceptors (Lipinski definition) is 25. The Morgan fingerprint density at radius 1 is 0.425 bits per heavy atom. The maximum atomic E-state index is 11.7. The van der Waals surface area contributed by atoms with Crippen LogP contribution in [0.1, 0.15) is 105 Å². The number of aromatic nitrogens is 10. The minimum absolute atomic E-state index is 0. The van der Waals surface area contributed by atoms with Crippen LogP contribution < -0.4 is 58.5 Å². The molecule has 33 heteroatoms. The number of aromatic amines is 4. The summed E-state index contributed by atoms with van der Waals surface area (Å²) >= 11 is 5.68. The van der Waals surface area contributed by atoms with Gasteiger partial charge in [-0.25, -0.2) is 49.1 Å². The van der Waals surface area contributed by atoms with E-state index in [0.29, 0.717) is 66.8 Å². The Morgan fingerprint density at radius 2 is 0.774 bits per heavy atom. The molecule has 6 aromatic carbocycles. The van der Waals surface area contributed by atoms with Crippen LogP contribution in [0.15, 0.2) is 128 Å². The molecule has 15 rings (SSSR count). The standard InChI is InChI=1S/C16H17N7O.C13H16N4O2.C12H15N5O.C10H9NO3.C9H7ClN2O2.C8H10N2O2.5CH4/c17-14(24)11-3-1-4-12-13(11)21-16(20-12)23-9-7-22(8-10-23)15-18-5-2-6-19-15;1-19-12(18)9-3-2-4-10-11(9)16-13(15-10)17-7-5-14-6-8-17;13-11(18)8-2-1-3-9-10(8)16-12(15-9)17-6-4-14-5-7-17;1-14-10(13)6-3-2-4-8-7(6)5-9(12)11-8;1-14-8(13)5-3-2-4-6-7(5)12-9(10)11-6;1-12-8(11)5-3-2-4-6(9)7(5)10;;;;;/h1-6H,7-10H2,(H2,17,24)(H,20,21);2-4,14H,5-8H2,1H3,(H,15,16);1-3,14H,4-7H2,(H2,13,18)(H,15,16);2-4H,5H2,1H3,(H,11,12);2-4H,1H3,(H,11,12);2-4H,9-10H2,1H3;5*1H4. The summed E-state index contributed by atoms with van der Waals surface area (Å²) in [5.41, 5.74) is 32.2. The number of fused-ring (bicyclic) bond motifs is 5. The Hall–Kier alpha value is -12.4. The van der Waals surface area contributed by atoms with Crippen molar-refractivity contribution in [3.05, 3.63) is 172 Å². The van der Waals surface area contributed by atoms with Crippen LogP contribution in [0.4, 0.5) is 40.9 Å². The van der Waals surface area contributed by atoms with Crippen molar-refractivity contribution >= 4 is 138 Å². The van der Waals surface area contributed by atoms with E-state index in [4.69, 9.17) is 39.3 Å². The molecule has 3 fully saturated rings. The number of methoxy groups -OCH3 is 4. The van der Waals surface area contributed by atoms with Gasteiger partial charge in [0.05, 0.1) is 102 Å². The summed E-state index contributed by atoms with van der Waals surface area (Å²) in [6, 6.07) is 33.3. The fourth-order valence-electron chi connectivity index (χ4n) is 11.2. The van der Waals surface area contributed by atoms with Crippen molar-refractivity contribution in [1.82, 2.24) is 60.5 Å². The molecule has 106 heavy (non-hydrogen) atoms. The first-order valence-electron chi connectivity index (χ1n) is 31.7. The third kappa shape index (κ3) is 20.1. The van der Waals surface area contributed by atoms with E-state index in [9.17, 15) is 33.6 Å². The molecule has 32 nitrogen and oxygen atoms in total. The van der Waals surface area contributed by atoms with Crippen molar-refractivity contribution in [2.24, 2.45) is 11.5 Å². The Bertz CT molecular complexity index is 4790. The largest absolute Gasteiger partial charge is 0.465 e. The molecule has 0 bridgehead atoms. The molecule has 5 aromatic heterocycles. The molecular weight excluding hydrogens is 1380 g/mol. The molecule has 4 aliphatic rings. The van der Waals surface area contributed by atoms with Crippen molar-refractivity contribution in [3.8, 4) is 0 Å². The number of nitrogens with two attached hydrogens (primary N) is 4. The normalized spacial score (nSPS) is 13.2. The number of carbonyl (C=O) groups excluding carboxylic acids is 7. The lowest BCUT2D eigenvalue weighted by Gasteiger charge is -2.34. The van der Waals surface area contributed by atoms with E-state index in [0.717, 1.165) is 130 Å². The number of benzene rings is 6. The van der Waals surface area contributed by atoms with Crippen molar-refractivity contribution in [3.63, 3.8) is 0 Å². The molecular formula is C73H94ClN21O11. The Balaban J connectivity index is 0.000000229. The van der Waals surface area contributed by atoms with Crippen LogP contribution >= 0.6 is 11.6 Å². The number of nitrogens with zero attached hydrogens (tertiary/aromatic N) is 10. The molecule has 11 aromatic rings. The van der Waals surface area contributed by atoms with E-state index in [1.54, 1.807) is 91.3 Å². The summed E-state index contributed by atoms with van der Waals surface area (Å²) in [6.45, 7) is 10.6. The highest BCUT2D eigenvalue weighted by Gasteiger charge is 2.26. The van der Waals surface area contributed by atoms with Gasteiger partial charge in [-0.05, 0) is 96.0 Å². The highest BCUT2D eigenvalue weighted by atomic mass is 35.5. The van der Waals surface area contributed by atoms with Gasteiger partial charge in [0.15, 0.2) is 0 Å². The third-order valence-corrected chi connectivity index (χ3v) is 16.5. The lowest BCUT2D eigenvalue weighted by molar-refractivity contribution is -0.115. The SMILES string of the molecule is C.C.C.C.C.COC(=O)c1cccc(N)c1N.COC(=O)c1cccc2[nH]c(Cl)nc12.COC(=O)c1cccc2[nH]c(N3CCNCC3)nc12.COC(=O)c1cccc2c1CC(=O)N2.NC(=O)c1cccc2[nH]c(N3CCN(c4ncccn4)CC3)nc12.NC(=O)c1cccc2[nH]c(N3CCNCC3)nc12. The predicted molar refractivity (Wildman–Crippen MR) is 416 cm³/mol. The highest BCUT2D eigenvalue weighted by Crippen LogP contribution is 2.29. The first-order chi connectivity index (χ1) is 48.9. The molecule has 0 radical (unpaired) electrons. The van der Waals surface area contributed by atoms with Gasteiger partial charge in [0.25, 0.3) is 11.8 Å². The van der Waals surface area contributed by atoms with Crippen molar-refractivity contribution in [2.75, 3.05) is 143 Å². The van der Waals surface area contributed by atoms with Gasteiger partial charge in [-0.15, -0.1) is 0 Å². The number of H-pyrrole nitrogens is 4. The van der Waals surface area contributed by atoms with Crippen LogP contribution in [0, 0.1) is 0 Å². The summed E-state index contributed by atoms with van der Waals surface area (Å²) in [7, 11) is 5.33. The number of imidazole rings is 4. The highest BCUT2D eigenvalue weighted by molar-refractivity contribution is 6.29. The smallest absolute Gasteiger partial charge is 0.340 e. The van der Waals surface area contributed by atoms with E-state index in [1.165, 1.54) is 28.4 Å². The summed E-state index contributed by atoms with van der Waals surface area (Å²) in [5.74, 6) is 0.471. The van der Waals surface area contributed by atoms with Crippen molar-refractivity contribution in [2.45, 2.75) is 43.6 Å². The van der Waals surface area contributed by atoms with Crippen LogP contribution in [0.25, 0.3) is 44.1 Å². The fourth-order valence-corrected chi connectivity index (χ4v) is 11.4. The molecule has 9 heterocycles. The second-order valence-corrected chi connectivity index (χ2v) is 22.9. The maximum absolute atomic E-state index is 11.7. The van der Waals surface area contributed by atoms with Gasteiger partial charge in [-0.2, -0.15) is 0 Å². The van der Waals surface area contributed by atoms with Crippen molar-refractivity contribution in [1.29, 1.82) is 0 Å². The zero-order chi connectivity index (χ0) is 71.7. The van der Waals surface area contributed by atoms with Crippen LogP contribution in [0.2, 0.25) is 5.28 Å². The van der Waals surface area contributed by atoms with Crippen LogP contribution in [0.3, 0.4) is 0 Å². The number of ether oxygens (including phenoxy) is 4. The molecule has 0 spiro atoms. The first-order valence-corrected chi connectivity index (χ1v) is 32.0. The number of amides is 3. The number of nitrogen functional groups attached to an aromatic ring is 2. The monoisotopic (exact) mass is 1480 g/mol. The quantitative estimate of drug-likeness (QED) is 0.0347. The zero-order valence-corrected chi connectivity index (χ0v) is 56.2. The lowest BCUT2D eigenvalue weighted by atomic mass is 10.1. The third-order valence-electron chi connectivity index (χ3n) is 16.3. The van der Waals surface area contributed by atoms with Gasteiger partial charge in [0.2, 0.25) is 35.0 Å². The minimum atomic E-state index is -0.472. The zero-order valence-electron chi connectivity index (χ0n) is 55.5. The number of hydrogen-bond donors (Lipinski definition) is 11. The molecule has 0 atom stereocenters. The van der Waals surface area contributed by atoms with Crippen LogP contribution in [0.5, 0.6) is 0 Å².